The van der Waals surface area contributed by atoms with Crippen LogP contribution in [0.2, 0.25) is 0 Å². The highest BCUT2D eigenvalue weighted by Gasteiger charge is 2.51. The maximum absolute atomic E-state index is 13.4. The fourth-order valence-electron chi connectivity index (χ4n) is 6.89. The zero-order valence-corrected chi connectivity index (χ0v) is 25.8. The van der Waals surface area contributed by atoms with E-state index in [0.717, 1.165) is 49.7 Å². The lowest BCUT2D eigenvalue weighted by molar-refractivity contribution is -0.135. The van der Waals surface area contributed by atoms with Gasteiger partial charge in [0.2, 0.25) is 5.91 Å². The number of aliphatic hydroxyl groups is 1. The summed E-state index contributed by atoms with van der Waals surface area (Å²) in [5, 5.41) is 12.2. The predicted molar refractivity (Wildman–Crippen MR) is 164 cm³/mol. The molecule has 2 heterocycles. The first kappa shape index (κ1) is 31.4. The SMILES string of the molecule is C=CCN(C(=O)OCc1ccc(S(=O)OC)cc1)C1CCN([C@H]2CN(C(=O)C3CCCC3)C[C@]2(O)c2ccccc2)CC1. The number of ether oxygens (including phenoxy) is 1. The monoisotopic (exact) mass is 609 g/mol. The van der Waals surface area contributed by atoms with Crippen LogP contribution in [0.5, 0.6) is 0 Å². The molecule has 43 heavy (non-hydrogen) atoms. The average molecular weight is 610 g/mol. The van der Waals surface area contributed by atoms with Gasteiger partial charge < -0.3 is 19.6 Å². The lowest BCUT2D eigenvalue weighted by atomic mass is 9.86. The molecule has 0 bridgehead atoms. The van der Waals surface area contributed by atoms with Crippen LogP contribution in [-0.4, -0.2) is 87.9 Å². The standard InChI is InChI=1S/C33H43N3O6S/c1-3-19-36(32(38)42-23-25-13-15-29(16-14-25)43(40)41-2)28-17-20-34(21-18-28)30-22-35(31(37)26-9-7-8-10-26)24-33(30,39)27-11-5-4-6-12-27/h3-6,11-16,26,28,30,39H,1,7-10,17-24H2,2H3/t30-,33-,43?/m0/s1. The third-order valence-electron chi connectivity index (χ3n) is 9.24. The Bertz CT molecular complexity index is 1280. The lowest BCUT2D eigenvalue weighted by Crippen LogP contribution is -2.55. The smallest absolute Gasteiger partial charge is 0.410 e. The number of piperidine rings is 1. The predicted octanol–water partition coefficient (Wildman–Crippen LogP) is 4.23. The molecule has 2 amide bonds. The Balaban J connectivity index is 1.23. The topological polar surface area (TPSA) is 99.6 Å². The van der Waals surface area contributed by atoms with E-state index in [0.29, 0.717) is 37.6 Å². The van der Waals surface area contributed by atoms with Crippen molar-refractivity contribution in [2.24, 2.45) is 5.92 Å². The van der Waals surface area contributed by atoms with Gasteiger partial charge in [0.05, 0.1) is 24.6 Å². The minimum atomic E-state index is -1.52. The first-order valence-electron chi connectivity index (χ1n) is 15.2. The summed E-state index contributed by atoms with van der Waals surface area (Å²) in [6.07, 6.45) is 6.80. The third-order valence-corrected chi connectivity index (χ3v) is 10.2. The highest BCUT2D eigenvalue weighted by molar-refractivity contribution is 7.80. The Morgan fingerprint density at radius 2 is 1.74 bits per heavy atom. The second kappa shape index (κ2) is 14.2. The number of nitrogens with zero attached hydrogens (tertiary/aromatic N) is 3. The Kier molecular flexibility index (Phi) is 10.3. The van der Waals surface area contributed by atoms with Gasteiger partial charge in [-0.2, -0.15) is 0 Å². The van der Waals surface area contributed by atoms with E-state index in [9.17, 15) is 18.9 Å². The van der Waals surface area contributed by atoms with Crippen molar-refractivity contribution in [3.63, 3.8) is 0 Å². The number of hydrogen-bond acceptors (Lipinski definition) is 7. The molecular formula is C33H43N3O6S. The van der Waals surface area contributed by atoms with Crippen LogP contribution in [0.3, 0.4) is 0 Å². The highest BCUT2D eigenvalue weighted by Crippen LogP contribution is 2.39. The summed E-state index contributed by atoms with van der Waals surface area (Å²) in [6.45, 7) is 6.50. The number of carbonyl (C=O) groups excluding carboxylic acids is 2. The van der Waals surface area contributed by atoms with Crippen molar-refractivity contribution in [3.8, 4) is 0 Å². The molecule has 2 saturated heterocycles. The van der Waals surface area contributed by atoms with E-state index >= 15 is 0 Å². The van der Waals surface area contributed by atoms with E-state index < -0.39 is 22.8 Å². The Hall–Kier alpha value is -3.05. The van der Waals surface area contributed by atoms with Crippen LogP contribution in [0.4, 0.5) is 4.79 Å². The maximum Gasteiger partial charge on any atom is 0.410 e. The molecule has 2 aromatic rings. The van der Waals surface area contributed by atoms with Gasteiger partial charge in [-0.1, -0.05) is 61.4 Å². The molecule has 1 saturated carbocycles. The molecule has 1 aliphatic carbocycles. The maximum atomic E-state index is 13.4. The van der Waals surface area contributed by atoms with Crippen LogP contribution >= 0.6 is 0 Å². The summed E-state index contributed by atoms with van der Waals surface area (Å²) < 4.78 is 22.3. The minimum Gasteiger partial charge on any atom is -0.445 e. The second-order valence-electron chi connectivity index (χ2n) is 11.8. The van der Waals surface area contributed by atoms with Crippen LogP contribution in [0.25, 0.3) is 0 Å². The summed E-state index contributed by atoms with van der Waals surface area (Å²) in [5.41, 5.74) is 0.465. The van der Waals surface area contributed by atoms with Crippen molar-refractivity contribution in [2.75, 3.05) is 39.8 Å². The average Bonchev–Trinajstić information content (AvgIpc) is 3.72. The minimum absolute atomic E-state index is 0.0318. The third kappa shape index (κ3) is 7.03. The molecule has 232 valence electrons. The number of carbonyl (C=O) groups is 2. The molecule has 5 rings (SSSR count). The largest absolute Gasteiger partial charge is 0.445 e. The van der Waals surface area contributed by atoms with Gasteiger partial charge in [0.25, 0.3) is 0 Å². The van der Waals surface area contributed by atoms with Crippen LogP contribution in [0.15, 0.2) is 72.1 Å². The number of β-amino-alcohol motifs (C(OH)–C–C–N with tert-alkyl or cyclic N) is 1. The number of hydrogen-bond donors (Lipinski definition) is 1. The van der Waals surface area contributed by atoms with Gasteiger partial charge in [-0.3, -0.25) is 13.9 Å². The van der Waals surface area contributed by atoms with E-state index in [1.54, 1.807) is 35.2 Å². The van der Waals surface area contributed by atoms with Gasteiger partial charge in [0.15, 0.2) is 11.1 Å². The number of likely N-dealkylation sites (tertiary alicyclic amines) is 2. The van der Waals surface area contributed by atoms with Gasteiger partial charge in [0, 0.05) is 38.1 Å². The number of benzene rings is 2. The van der Waals surface area contributed by atoms with Crippen molar-refractivity contribution >= 4 is 23.1 Å². The van der Waals surface area contributed by atoms with Crippen molar-refractivity contribution in [3.05, 3.63) is 78.4 Å². The zero-order chi connectivity index (χ0) is 30.4. The van der Waals surface area contributed by atoms with E-state index in [2.05, 4.69) is 11.5 Å². The van der Waals surface area contributed by atoms with Gasteiger partial charge in [-0.15, -0.1) is 6.58 Å². The Morgan fingerprint density at radius 1 is 1.07 bits per heavy atom. The molecule has 3 fully saturated rings. The summed E-state index contributed by atoms with van der Waals surface area (Å²) in [4.78, 5) is 33.1. The molecule has 9 nitrogen and oxygen atoms in total. The van der Waals surface area contributed by atoms with Crippen LogP contribution in [0, 0.1) is 5.92 Å². The van der Waals surface area contributed by atoms with E-state index in [4.69, 9.17) is 8.92 Å². The summed E-state index contributed by atoms with van der Waals surface area (Å²) in [6, 6.07) is 16.4. The van der Waals surface area contributed by atoms with Gasteiger partial charge in [0.1, 0.15) is 12.2 Å². The first-order valence-corrected chi connectivity index (χ1v) is 16.3. The molecule has 3 aliphatic rings. The van der Waals surface area contributed by atoms with Gasteiger partial charge in [-0.05, 0) is 48.9 Å². The summed E-state index contributed by atoms with van der Waals surface area (Å²) in [7, 11) is 1.38. The lowest BCUT2D eigenvalue weighted by Gasteiger charge is -2.43. The van der Waals surface area contributed by atoms with Crippen LogP contribution in [0.1, 0.15) is 49.7 Å². The highest BCUT2D eigenvalue weighted by atomic mass is 32.2. The summed E-state index contributed by atoms with van der Waals surface area (Å²) >= 11 is -1.52. The summed E-state index contributed by atoms with van der Waals surface area (Å²) in [5.74, 6) is 0.237. The van der Waals surface area contributed by atoms with Crippen molar-refractivity contribution < 1.29 is 27.8 Å². The molecule has 2 aromatic carbocycles. The first-order chi connectivity index (χ1) is 20.8. The van der Waals surface area contributed by atoms with Crippen molar-refractivity contribution in [1.82, 2.24) is 14.7 Å². The molecule has 0 spiro atoms. The van der Waals surface area contributed by atoms with E-state index in [-0.39, 0.29) is 30.5 Å². The Morgan fingerprint density at radius 3 is 2.37 bits per heavy atom. The quantitative estimate of drug-likeness (QED) is 0.403. The molecule has 0 radical (unpaired) electrons. The van der Waals surface area contributed by atoms with Gasteiger partial charge in [-0.25, -0.2) is 9.00 Å². The second-order valence-corrected chi connectivity index (χ2v) is 13.1. The fraction of sp³-hybridized carbons (Fsp3) is 0.515. The molecule has 2 aliphatic heterocycles. The molecule has 3 atom stereocenters. The van der Waals surface area contributed by atoms with E-state index in [1.165, 1.54) is 7.11 Å². The molecular weight excluding hydrogens is 566 g/mol. The van der Waals surface area contributed by atoms with Crippen molar-refractivity contribution in [2.45, 2.75) is 67.7 Å². The molecule has 1 N–H and O–H groups in total. The fourth-order valence-corrected chi connectivity index (χ4v) is 7.44. The van der Waals surface area contributed by atoms with Crippen LogP contribution in [-0.2, 0) is 37.0 Å². The number of rotatable bonds is 10. The van der Waals surface area contributed by atoms with Crippen molar-refractivity contribution in [1.29, 1.82) is 0 Å². The van der Waals surface area contributed by atoms with Crippen LogP contribution < -0.4 is 0 Å². The van der Waals surface area contributed by atoms with E-state index in [1.807, 2.05) is 35.2 Å². The molecule has 1 unspecified atom stereocenters. The zero-order valence-electron chi connectivity index (χ0n) is 24.9. The molecule has 10 heteroatoms. The normalized spacial score (nSPS) is 24.1. The Labute approximate surface area is 257 Å². The molecule has 0 aromatic heterocycles. The van der Waals surface area contributed by atoms with Gasteiger partial charge >= 0.3 is 6.09 Å². The number of amides is 2.